The Morgan fingerprint density at radius 3 is 2.08 bits per heavy atom. The summed E-state index contributed by atoms with van der Waals surface area (Å²) in [5.74, 6) is -0.460. The average Bonchev–Trinajstić information content (AvgIpc) is 2.88. The number of aliphatic hydroxyl groups excluding tert-OH is 1. The van der Waals surface area contributed by atoms with Crippen molar-refractivity contribution in [2.45, 2.75) is 49.9 Å². The van der Waals surface area contributed by atoms with Crippen molar-refractivity contribution in [3.63, 3.8) is 0 Å². The molecule has 0 saturated carbocycles. The van der Waals surface area contributed by atoms with E-state index in [2.05, 4.69) is 10.6 Å². The third-order valence-electron chi connectivity index (χ3n) is 6.79. The summed E-state index contributed by atoms with van der Waals surface area (Å²) in [4.78, 5) is 13.8. The van der Waals surface area contributed by atoms with E-state index in [0.29, 0.717) is 49.3 Å². The van der Waals surface area contributed by atoms with Gasteiger partial charge in [-0.3, -0.25) is 4.90 Å². The normalized spacial score (nSPS) is 16.6. The Labute approximate surface area is 225 Å². The summed E-state index contributed by atoms with van der Waals surface area (Å²) < 4.78 is 105. The molecule has 1 aliphatic heterocycles. The minimum atomic E-state index is -5.94. The van der Waals surface area contributed by atoms with E-state index in [1.165, 1.54) is 12.1 Å². The lowest BCUT2D eigenvalue weighted by Gasteiger charge is -2.33. The maximum Gasteiger partial charge on any atom is 0.430 e. The van der Waals surface area contributed by atoms with E-state index < -0.39 is 48.1 Å². The first-order valence-electron chi connectivity index (χ1n) is 12.4. The maximum atomic E-state index is 14.5. The Morgan fingerprint density at radius 1 is 0.975 bits per heavy atom. The fourth-order valence-corrected chi connectivity index (χ4v) is 4.50. The van der Waals surface area contributed by atoms with Gasteiger partial charge in [0.1, 0.15) is 12.5 Å². The average molecular weight is 584 g/mol. The van der Waals surface area contributed by atoms with Crippen molar-refractivity contribution in [2.75, 3.05) is 31.6 Å². The number of carbonyl (C=O) groups is 1. The van der Waals surface area contributed by atoms with Crippen LogP contribution < -0.4 is 10.6 Å². The summed E-state index contributed by atoms with van der Waals surface area (Å²) in [6.45, 7) is 0.147. The van der Waals surface area contributed by atoms with Gasteiger partial charge >= 0.3 is 18.4 Å². The lowest BCUT2D eigenvalue weighted by molar-refractivity contribution is -0.376. The summed E-state index contributed by atoms with van der Waals surface area (Å²) in [6, 6.07) is 7.08. The molecule has 1 fully saturated rings. The van der Waals surface area contributed by atoms with E-state index in [1.54, 1.807) is 6.07 Å². The minimum Gasteiger partial charge on any atom is -0.389 e. The topological polar surface area (TPSA) is 84.8 Å². The number of halogens is 8. The van der Waals surface area contributed by atoms with Crippen LogP contribution in [0.1, 0.15) is 29.5 Å². The highest BCUT2D eigenvalue weighted by Crippen LogP contribution is 2.50. The molecule has 0 spiro atoms. The first-order chi connectivity index (χ1) is 18.6. The van der Waals surface area contributed by atoms with Crippen molar-refractivity contribution in [3.05, 3.63) is 65.0 Å². The molecule has 2 aromatic carbocycles. The molecule has 3 rings (SSSR count). The van der Waals surface area contributed by atoms with Crippen LogP contribution in [0.15, 0.2) is 42.5 Å². The fraction of sp³-hybridized carbons (Fsp3) is 0.500. The molecule has 1 aliphatic rings. The van der Waals surface area contributed by atoms with Gasteiger partial charge in [-0.2, -0.15) is 26.3 Å². The van der Waals surface area contributed by atoms with Gasteiger partial charge in [-0.25, -0.2) is 13.6 Å². The molecule has 222 valence electrons. The summed E-state index contributed by atoms with van der Waals surface area (Å²) in [5.41, 5.74) is -5.16. The zero-order chi connectivity index (χ0) is 29.7. The first kappa shape index (κ1) is 31.6. The monoisotopic (exact) mass is 583 g/mol. The van der Waals surface area contributed by atoms with Crippen LogP contribution in [0, 0.1) is 11.7 Å². The van der Waals surface area contributed by atoms with E-state index >= 15 is 0 Å². The standard InChI is InChI=1S/C26H29F8N3O3/c27-13-20(38)14-35-23(39)36-22-6-3-18(12-21(22)28)11-16-7-9-37(10-8-16)15-17-1-4-19(5-2-17)24(40,25(29,30)31)26(32,33)34/h1-6,12,16,20,38,40H,7-11,13-15H2,(H2,35,36,39). The molecule has 1 unspecified atom stereocenters. The Bertz CT molecular complexity index is 1120. The van der Waals surface area contributed by atoms with Gasteiger partial charge in [0.05, 0.1) is 11.8 Å². The van der Waals surface area contributed by atoms with Crippen molar-refractivity contribution >= 4 is 11.7 Å². The molecule has 2 aromatic rings. The van der Waals surface area contributed by atoms with E-state index in [4.69, 9.17) is 5.11 Å². The number of amides is 2. The molecule has 2 amide bonds. The highest BCUT2D eigenvalue weighted by atomic mass is 19.4. The Hall–Kier alpha value is -2.97. The molecule has 14 heteroatoms. The van der Waals surface area contributed by atoms with Crippen molar-refractivity contribution in [3.8, 4) is 0 Å². The van der Waals surface area contributed by atoms with Crippen LogP contribution in [0.4, 0.5) is 45.6 Å². The van der Waals surface area contributed by atoms with E-state index in [-0.39, 0.29) is 18.2 Å². The first-order valence-corrected chi connectivity index (χ1v) is 12.4. The number of carbonyl (C=O) groups excluding carboxylic acids is 1. The highest BCUT2D eigenvalue weighted by molar-refractivity contribution is 5.89. The van der Waals surface area contributed by atoms with Gasteiger partial charge in [0.25, 0.3) is 5.60 Å². The number of rotatable bonds is 9. The zero-order valence-corrected chi connectivity index (χ0v) is 21.1. The van der Waals surface area contributed by atoms with Gasteiger partial charge in [0.15, 0.2) is 0 Å². The molecule has 0 bridgehead atoms. The van der Waals surface area contributed by atoms with Crippen molar-refractivity contribution in [1.29, 1.82) is 0 Å². The van der Waals surface area contributed by atoms with E-state index in [1.807, 2.05) is 4.90 Å². The number of nitrogens with zero attached hydrogens (tertiary/aromatic N) is 1. The van der Waals surface area contributed by atoms with E-state index in [9.17, 15) is 45.0 Å². The summed E-state index contributed by atoms with van der Waals surface area (Å²) in [7, 11) is 0. The Kier molecular flexibility index (Phi) is 10.0. The molecule has 0 aliphatic carbocycles. The van der Waals surface area contributed by atoms with Gasteiger partial charge < -0.3 is 20.8 Å². The van der Waals surface area contributed by atoms with Gasteiger partial charge in [-0.05, 0) is 61.5 Å². The van der Waals surface area contributed by atoms with Crippen LogP contribution in [-0.4, -0.2) is 65.9 Å². The molecule has 6 nitrogen and oxygen atoms in total. The molecule has 4 N–H and O–H groups in total. The van der Waals surface area contributed by atoms with Crippen LogP contribution in [0.3, 0.4) is 0 Å². The lowest BCUT2D eigenvalue weighted by atomic mass is 9.89. The lowest BCUT2D eigenvalue weighted by Crippen LogP contribution is -2.53. The molecule has 40 heavy (non-hydrogen) atoms. The number of urea groups is 1. The molecule has 1 atom stereocenters. The van der Waals surface area contributed by atoms with Gasteiger partial charge in [0.2, 0.25) is 0 Å². The highest BCUT2D eigenvalue weighted by Gasteiger charge is 2.71. The zero-order valence-electron chi connectivity index (χ0n) is 21.1. The second-order valence-electron chi connectivity index (χ2n) is 9.78. The van der Waals surface area contributed by atoms with Crippen LogP contribution in [0.2, 0.25) is 0 Å². The number of benzene rings is 2. The molecule has 0 radical (unpaired) electrons. The molecule has 0 aromatic heterocycles. The number of aliphatic hydroxyl groups is 2. The number of alkyl halides is 7. The number of hydrogen-bond acceptors (Lipinski definition) is 4. The van der Waals surface area contributed by atoms with Crippen LogP contribution >= 0.6 is 0 Å². The van der Waals surface area contributed by atoms with Crippen LogP contribution in [0.25, 0.3) is 0 Å². The largest absolute Gasteiger partial charge is 0.430 e. The third kappa shape index (κ3) is 7.61. The smallest absolute Gasteiger partial charge is 0.389 e. The molecular formula is C26H29F8N3O3. The van der Waals surface area contributed by atoms with Gasteiger partial charge in [-0.1, -0.05) is 30.3 Å². The molecule has 1 saturated heterocycles. The Balaban J connectivity index is 1.51. The summed E-state index contributed by atoms with van der Waals surface area (Å²) in [6.07, 6.45) is -11.2. The van der Waals surface area contributed by atoms with Crippen molar-refractivity contribution in [2.24, 2.45) is 5.92 Å². The number of nitrogens with one attached hydrogen (secondary N) is 2. The van der Waals surface area contributed by atoms with Crippen LogP contribution in [-0.2, 0) is 18.6 Å². The number of piperidine rings is 1. The second kappa shape index (κ2) is 12.7. The Morgan fingerprint density at radius 2 is 1.55 bits per heavy atom. The number of anilines is 1. The third-order valence-corrected chi connectivity index (χ3v) is 6.79. The summed E-state index contributed by atoms with van der Waals surface area (Å²) in [5, 5.41) is 23.1. The second-order valence-corrected chi connectivity index (χ2v) is 9.78. The van der Waals surface area contributed by atoms with Gasteiger partial charge in [0, 0.05) is 18.7 Å². The molecule has 1 heterocycles. The fourth-order valence-electron chi connectivity index (χ4n) is 4.50. The SMILES string of the molecule is O=C(NCC(O)CF)Nc1ccc(CC2CCN(Cc3ccc(C(O)(C(F)(F)F)C(F)(F)F)cc3)CC2)cc1F. The molecular weight excluding hydrogens is 554 g/mol. The van der Waals surface area contributed by atoms with Gasteiger partial charge in [-0.15, -0.1) is 0 Å². The number of hydrogen-bond donors (Lipinski definition) is 4. The predicted molar refractivity (Wildman–Crippen MR) is 130 cm³/mol. The minimum absolute atomic E-state index is 0.0827. The summed E-state index contributed by atoms with van der Waals surface area (Å²) >= 11 is 0. The van der Waals surface area contributed by atoms with Crippen LogP contribution in [0.5, 0.6) is 0 Å². The van der Waals surface area contributed by atoms with Crippen molar-refractivity contribution in [1.82, 2.24) is 10.2 Å². The predicted octanol–water partition coefficient (Wildman–Crippen LogP) is 5.04. The number of likely N-dealkylation sites (tertiary alicyclic amines) is 1. The van der Waals surface area contributed by atoms with Crippen molar-refractivity contribution < 1.29 is 50.1 Å². The maximum absolute atomic E-state index is 14.5. The quantitative estimate of drug-likeness (QED) is 0.312. The van der Waals surface area contributed by atoms with E-state index in [0.717, 1.165) is 25.0 Å².